The molecule has 39 heavy (non-hydrogen) atoms. The van der Waals surface area contributed by atoms with Crippen LogP contribution in [0.15, 0.2) is 53.6 Å². The number of rotatable bonds is 6. The SMILES string of the molecule is CCCCCn1c2cc(OC)ccc2c2cc[n+]3nc(C)c(C)cc3c21.Cc1cc(C)c(S(=O)(=O)[O-])c(C)c1. The van der Waals surface area contributed by atoms with E-state index in [0.717, 1.165) is 29.1 Å². The molecule has 0 N–H and O–H groups in total. The van der Waals surface area contributed by atoms with E-state index in [1.807, 2.05) is 17.5 Å². The summed E-state index contributed by atoms with van der Waals surface area (Å²) in [4.78, 5) is -0.0851. The molecule has 0 saturated carbocycles. The number of methoxy groups -OCH3 is 1. The second kappa shape index (κ2) is 11.3. The fraction of sp³-hybridized carbons (Fsp3) is 0.355. The molecule has 2 aromatic carbocycles. The minimum atomic E-state index is -4.33. The highest BCUT2D eigenvalue weighted by Gasteiger charge is 2.20. The van der Waals surface area contributed by atoms with Crippen LogP contribution in [0, 0.1) is 34.6 Å². The first-order valence-electron chi connectivity index (χ1n) is 13.3. The Morgan fingerprint density at radius 2 is 1.62 bits per heavy atom. The number of fused-ring (bicyclic) bond motifs is 5. The van der Waals surface area contributed by atoms with E-state index in [9.17, 15) is 13.0 Å². The maximum Gasteiger partial charge on any atom is 0.262 e. The Balaban J connectivity index is 0.000000229. The summed E-state index contributed by atoms with van der Waals surface area (Å²) in [6, 6.07) is 14.2. The molecule has 0 bridgehead atoms. The van der Waals surface area contributed by atoms with Gasteiger partial charge in [-0.05, 0) is 69.9 Å². The summed E-state index contributed by atoms with van der Waals surface area (Å²) in [5.74, 6) is 0.902. The number of benzene rings is 2. The first kappa shape index (κ1) is 28.5. The highest BCUT2D eigenvalue weighted by molar-refractivity contribution is 7.85. The molecular weight excluding hydrogens is 510 g/mol. The minimum Gasteiger partial charge on any atom is -0.744 e. The summed E-state index contributed by atoms with van der Waals surface area (Å²) >= 11 is 0. The Bertz CT molecular complexity index is 1770. The van der Waals surface area contributed by atoms with E-state index in [-0.39, 0.29) is 4.90 Å². The van der Waals surface area contributed by atoms with Gasteiger partial charge in [0.05, 0.1) is 17.5 Å². The largest absolute Gasteiger partial charge is 0.744 e. The van der Waals surface area contributed by atoms with Crippen molar-refractivity contribution in [3.8, 4) is 5.75 Å². The number of unbranched alkanes of at least 4 members (excludes halogenated alkanes) is 2. The molecule has 0 radical (unpaired) electrons. The Labute approximate surface area is 230 Å². The quantitative estimate of drug-likeness (QED) is 0.142. The molecule has 5 rings (SSSR count). The van der Waals surface area contributed by atoms with Crippen molar-refractivity contribution in [2.75, 3.05) is 7.11 Å². The highest BCUT2D eigenvalue weighted by Crippen LogP contribution is 2.33. The smallest absolute Gasteiger partial charge is 0.262 e. The lowest BCUT2D eigenvalue weighted by Crippen LogP contribution is -2.28. The predicted molar refractivity (Wildman–Crippen MR) is 155 cm³/mol. The van der Waals surface area contributed by atoms with E-state index in [2.05, 4.69) is 55.8 Å². The van der Waals surface area contributed by atoms with Crippen molar-refractivity contribution in [2.45, 2.75) is 72.2 Å². The lowest BCUT2D eigenvalue weighted by atomic mass is 10.1. The summed E-state index contributed by atoms with van der Waals surface area (Å²) in [6.07, 6.45) is 5.70. The predicted octanol–water partition coefficient (Wildman–Crippen LogP) is 6.26. The van der Waals surface area contributed by atoms with Crippen LogP contribution in [-0.2, 0) is 16.7 Å². The molecule has 3 aromatic heterocycles. The molecule has 0 atom stereocenters. The zero-order valence-electron chi connectivity index (χ0n) is 23.8. The average Bonchev–Trinajstić information content (AvgIpc) is 3.17. The lowest BCUT2D eigenvalue weighted by Gasteiger charge is -2.14. The van der Waals surface area contributed by atoms with Crippen LogP contribution in [0.5, 0.6) is 5.75 Å². The standard InChI is InChI=1S/C22H26N3O.C9H12O3S/c1-5-6-7-11-24-20-14-17(26-4)8-9-18(20)19-10-12-25-21(22(19)24)13-15(2)16(3)23-25;1-6-4-7(2)9(8(3)5-6)13(10,11)12/h8-10,12-14H,5-7,11H2,1-4H3;4-5H,1-3H3,(H,10,11,12)/q+1;/p-1. The Kier molecular flexibility index (Phi) is 8.28. The molecule has 8 heteroatoms. The second-order valence-electron chi connectivity index (χ2n) is 10.2. The van der Waals surface area contributed by atoms with Crippen molar-refractivity contribution in [1.82, 2.24) is 9.67 Å². The number of hydrogen-bond acceptors (Lipinski definition) is 5. The molecule has 0 aliphatic carbocycles. The minimum absolute atomic E-state index is 0.0851. The van der Waals surface area contributed by atoms with Gasteiger partial charge in [0.1, 0.15) is 27.1 Å². The van der Waals surface area contributed by atoms with Gasteiger partial charge >= 0.3 is 0 Å². The Hall–Kier alpha value is -3.49. The monoisotopic (exact) mass is 547 g/mol. The summed E-state index contributed by atoms with van der Waals surface area (Å²) in [6.45, 7) is 12.6. The summed E-state index contributed by atoms with van der Waals surface area (Å²) in [7, 11) is -2.60. The number of aryl methyl sites for hydroxylation is 6. The second-order valence-corrected chi connectivity index (χ2v) is 11.6. The summed E-state index contributed by atoms with van der Waals surface area (Å²) < 4.78 is 42.4. The van der Waals surface area contributed by atoms with Crippen molar-refractivity contribution < 1.29 is 22.2 Å². The average molecular weight is 548 g/mol. The van der Waals surface area contributed by atoms with Gasteiger partial charge in [0.2, 0.25) is 6.20 Å². The molecule has 3 heterocycles. The topological polar surface area (TPSA) is 88.3 Å². The number of ether oxygens (including phenoxy) is 1. The molecule has 5 aromatic rings. The van der Waals surface area contributed by atoms with Gasteiger partial charge in [-0.15, -0.1) is 0 Å². The fourth-order valence-electron chi connectivity index (χ4n) is 5.35. The molecular formula is C31H37N3O4S. The lowest BCUT2D eigenvalue weighted by molar-refractivity contribution is -0.580. The number of pyridine rings is 1. The molecule has 0 unspecified atom stereocenters. The van der Waals surface area contributed by atoms with E-state index in [0.29, 0.717) is 11.1 Å². The first-order chi connectivity index (χ1) is 18.5. The number of hydrogen-bond donors (Lipinski definition) is 0. The van der Waals surface area contributed by atoms with Gasteiger partial charge in [0.15, 0.2) is 0 Å². The van der Waals surface area contributed by atoms with E-state index < -0.39 is 10.1 Å². The van der Waals surface area contributed by atoms with Crippen LogP contribution in [0.2, 0.25) is 0 Å². The van der Waals surface area contributed by atoms with E-state index >= 15 is 0 Å². The normalized spacial score (nSPS) is 11.7. The van der Waals surface area contributed by atoms with Crippen molar-refractivity contribution in [1.29, 1.82) is 0 Å². The van der Waals surface area contributed by atoms with Crippen LogP contribution in [-0.4, -0.2) is 29.7 Å². The third kappa shape index (κ3) is 5.77. The molecule has 7 nitrogen and oxygen atoms in total. The van der Waals surface area contributed by atoms with E-state index in [1.54, 1.807) is 33.1 Å². The number of aromatic nitrogens is 3. The number of nitrogens with zero attached hydrogens (tertiary/aromatic N) is 3. The Morgan fingerprint density at radius 1 is 0.923 bits per heavy atom. The summed E-state index contributed by atoms with van der Waals surface area (Å²) in [5.41, 5.74) is 7.96. The van der Waals surface area contributed by atoms with Gasteiger partial charge in [-0.25, -0.2) is 8.42 Å². The van der Waals surface area contributed by atoms with Crippen LogP contribution >= 0.6 is 0 Å². The summed E-state index contributed by atoms with van der Waals surface area (Å²) in [5, 5.41) is 7.30. The molecule has 0 saturated heterocycles. The van der Waals surface area contributed by atoms with Gasteiger partial charge in [0, 0.05) is 40.6 Å². The van der Waals surface area contributed by atoms with Crippen molar-refractivity contribution in [3.63, 3.8) is 0 Å². The fourth-order valence-corrected chi connectivity index (χ4v) is 6.25. The van der Waals surface area contributed by atoms with Crippen LogP contribution in [0.1, 0.15) is 54.1 Å². The van der Waals surface area contributed by atoms with Gasteiger partial charge in [-0.1, -0.05) is 42.0 Å². The van der Waals surface area contributed by atoms with Crippen molar-refractivity contribution >= 4 is 37.4 Å². The maximum absolute atomic E-state index is 10.8. The molecule has 0 aliphatic heterocycles. The first-order valence-corrected chi connectivity index (χ1v) is 14.7. The van der Waals surface area contributed by atoms with E-state index in [1.165, 1.54) is 46.6 Å². The van der Waals surface area contributed by atoms with Crippen LogP contribution in [0.4, 0.5) is 0 Å². The zero-order valence-corrected chi connectivity index (χ0v) is 24.6. The third-order valence-corrected chi connectivity index (χ3v) is 8.35. The molecule has 0 spiro atoms. The van der Waals surface area contributed by atoms with Crippen LogP contribution < -0.4 is 9.25 Å². The van der Waals surface area contributed by atoms with Gasteiger partial charge < -0.3 is 13.9 Å². The molecule has 206 valence electrons. The molecule has 0 aliphatic rings. The van der Waals surface area contributed by atoms with Gasteiger partial charge in [-0.3, -0.25) is 0 Å². The molecule has 0 amide bonds. The molecule has 0 fully saturated rings. The zero-order chi connectivity index (χ0) is 28.5. The van der Waals surface area contributed by atoms with Crippen molar-refractivity contribution in [3.05, 3.63) is 76.6 Å². The van der Waals surface area contributed by atoms with E-state index in [4.69, 9.17) is 9.84 Å². The van der Waals surface area contributed by atoms with Crippen LogP contribution in [0.25, 0.3) is 27.3 Å². The van der Waals surface area contributed by atoms with Crippen LogP contribution in [0.3, 0.4) is 0 Å². The third-order valence-electron chi connectivity index (χ3n) is 7.20. The highest BCUT2D eigenvalue weighted by atomic mass is 32.2. The Morgan fingerprint density at radius 3 is 2.23 bits per heavy atom. The maximum atomic E-state index is 10.8. The van der Waals surface area contributed by atoms with Gasteiger partial charge in [-0.2, -0.15) is 0 Å². The van der Waals surface area contributed by atoms with Crippen molar-refractivity contribution in [2.24, 2.45) is 0 Å². The van der Waals surface area contributed by atoms with Gasteiger partial charge in [0.25, 0.3) is 5.52 Å².